The number of nitrogens with zero attached hydrogens (tertiary/aromatic N) is 2. The van der Waals surface area contributed by atoms with Crippen molar-refractivity contribution in [3.05, 3.63) is 95.1 Å². The van der Waals surface area contributed by atoms with Gasteiger partial charge >= 0.3 is 6.03 Å². The second kappa shape index (κ2) is 8.20. The number of thioether (sulfide) groups is 1. The molecule has 1 N–H and O–H groups in total. The largest absolute Gasteiger partial charge is 0.323 e. The molecule has 0 aliphatic carbocycles. The van der Waals surface area contributed by atoms with E-state index < -0.39 is 4.87 Å². The molecule has 0 radical (unpaired) electrons. The summed E-state index contributed by atoms with van der Waals surface area (Å²) in [5, 5.41) is 3.04. The van der Waals surface area contributed by atoms with Crippen molar-refractivity contribution >= 4 is 35.1 Å². The van der Waals surface area contributed by atoms with Crippen LogP contribution in [0.3, 0.4) is 0 Å². The Morgan fingerprint density at radius 3 is 2.50 bits per heavy atom. The van der Waals surface area contributed by atoms with Crippen molar-refractivity contribution in [2.24, 2.45) is 0 Å². The predicted octanol–water partition coefficient (Wildman–Crippen LogP) is 6.06. The first-order chi connectivity index (χ1) is 16.2. The van der Waals surface area contributed by atoms with E-state index in [1.54, 1.807) is 16.7 Å². The second-order valence-electron chi connectivity index (χ2n) is 9.73. The third-order valence-electron chi connectivity index (χ3n) is 6.54. The maximum atomic E-state index is 14.3. The summed E-state index contributed by atoms with van der Waals surface area (Å²) in [6.07, 6.45) is 0. The van der Waals surface area contributed by atoms with Crippen LogP contribution in [0.2, 0.25) is 0 Å². The summed E-state index contributed by atoms with van der Waals surface area (Å²) in [6, 6.07) is 23.5. The Balaban J connectivity index is 1.57. The highest BCUT2D eigenvalue weighted by molar-refractivity contribution is 8.02. The van der Waals surface area contributed by atoms with Gasteiger partial charge < -0.3 is 10.2 Å². The molecule has 2 heterocycles. The number of aryl methyl sites for hydroxylation is 2. The number of fused-ring (bicyclic) bond motifs is 2. The number of nitrogens with one attached hydrogen (secondary N) is 1. The molecular weight excluding hydrogens is 442 g/mol. The van der Waals surface area contributed by atoms with Gasteiger partial charge in [-0.15, -0.1) is 11.8 Å². The van der Waals surface area contributed by atoms with Crippen molar-refractivity contribution in [1.29, 1.82) is 0 Å². The number of benzene rings is 3. The van der Waals surface area contributed by atoms with Crippen molar-refractivity contribution in [3.8, 4) is 0 Å². The molecule has 6 heteroatoms. The number of carbonyl (C=O) groups is 2. The van der Waals surface area contributed by atoms with E-state index in [-0.39, 0.29) is 16.7 Å². The first-order valence-electron chi connectivity index (χ1n) is 11.5. The number of amides is 3. The number of para-hydroxylation sites is 1. The second-order valence-corrected chi connectivity index (χ2v) is 11.6. The molecule has 2 aliphatic heterocycles. The van der Waals surface area contributed by atoms with Gasteiger partial charge in [0.2, 0.25) is 0 Å². The van der Waals surface area contributed by atoms with E-state index in [0.717, 1.165) is 33.6 Å². The SMILES string of the molecule is Cc1cccc(NC(=O)N2CC(C)(C)S[C@@]23C(=O)N(Cc2ccccc2C)c2ccccc23)c1. The van der Waals surface area contributed by atoms with Gasteiger partial charge in [-0.05, 0) is 62.6 Å². The van der Waals surface area contributed by atoms with Crippen LogP contribution in [0, 0.1) is 13.8 Å². The van der Waals surface area contributed by atoms with Crippen LogP contribution in [0.25, 0.3) is 0 Å². The normalized spacial score (nSPS) is 20.6. The van der Waals surface area contributed by atoms with Crippen LogP contribution in [0.4, 0.5) is 16.2 Å². The van der Waals surface area contributed by atoms with Gasteiger partial charge in [-0.2, -0.15) is 0 Å². The molecule has 3 aromatic rings. The van der Waals surface area contributed by atoms with Gasteiger partial charge in [0.25, 0.3) is 5.91 Å². The van der Waals surface area contributed by atoms with E-state index in [4.69, 9.17) is 0 Å². The van der Waals surface area contributed by atoms with Gasteiger partial charge in [-0.1, -0.05) is 54.6 Å². The van der Waals surface area contributed by atoms with Crippen LogP contribution in [0.15, 0.2) is 72.8 Å². The lowest BCUT2D eigenvalue weighted by molar-refractivity contribution is -0.123. The highest BCUT2D eigenvalue weighted by Crippen LogP contribution is 2.59. The molecule has 5 nitrogen and oxygen atoms in total. The van der Waals surface area contributed by atoms with E-state index >= 15 is 0 Å². The summed E-state index contributed by atoms with van der Waals surface area (Å²) < 4.78 is -0.286. The Bertz CT molecular complexity index is 1290. The number of urea groups is 1. The molecule has 34 heavy (non-hydrogen) atoms. The van der Waals surface area contributed by atoms with Gasteiger partial charge in [0.15, 0.2) is 4.87 Å². The molecule has 1 fully saturated rings. The Labute approximate surface area is 205 Å². The molecule has 1 spiro atoms. The van der Waals surface area contributed by atoms with Crippen molar-refractivity contribution < 1.29 is 9.59 Å². The summed E-state index contributed by atoms with van der Waals surface area (Å²) in [5.41, 5.74) is 5.78. The molecule has 0 bridgehead atoms. The van der Waals surface area contributed by atoms with Crippen LogP contribution in [-0.4, -0.2) is 28.1 Å². The lowest BCUT2D eigenvalue weighted by Crippen LogP contribution is -2.51. The lowest BCUT2D eigenvalue weighted by atomic mass is 10.0. The van der Waals surface area contributed by atoms with Crippen LogP contribution in [0.1, 0.15) is 36.1 Å². The van der Waals surface area contributed by atoms with Crippen LogP contribution in [-0.2, 0) is 16.2 Å². The molecule has 0 aromatic heterocycles. The number of anilines is 2. The molecule has 1 atom stereocenters. The van der Waals surface area contributed by atoms with Gasteiger partial charge in [-0.3, -0.25) is 9.69 Å². The first-order valence-corrected chi connectivity index (χ1v) is 12.3. The Kier molecular flexibility index (Phi) is 5.44. The maximum Gasteiger partial charge on any atom is 0.323 e. The van der Waals surface area contributed by atoms with E-state index in [1.807, 2.05) is 72.5 Å². The molecule has 1 saturated heterocycles. The van der Waals surface area contributed by atoms with E-state index in [2.05, 4.69) is 38.2 Å². The maximum absolute atomic E-state index is 14.3. The van der Waals surface area contributed by atoms with Crippen molar-refractivity contribution in [2.75, 3.05) is 16.8 Å². The standard InChI is InChI=1S/C28H29N3O2S/c1-19-10-9-13-22(16-19)29-26(33)31-18-27(3,4)34-28(31)23-14-7-8-15-24(23)30(25(28)32)17-21-12-6-5-11-20(21)2/h5-16H,17-18H2,1-4H3,(H,29,33)/t28-/m0/s1. The fraction of sp³-hybridized carbons (Fsp3) is 0.286. The number of carbonyl (C=O) groups excluding carboxylic acids is 2. The lowest BCUT2D eigenvalue weighted by Gasteiger charge is -2.33. The van der Waals surface area contributed by atoms with Crippen molar-refractivity contribution in [2.45, 2.75) is 43.9 Å². The minimum atomic E-state index is -1.10. The fourth-order valence-electron chi connectivity index (χ4n) is 4.99. The van der Waals surface area contributed by atoms with Crippen LogP contribution >= 0.6 is 11.8 Å². The average Bonchev–Trinajstić information content (AvgIpc) is 3.22. The highest BCUT2D eigenvalue weighted by Gasteiger charge is 2.63. The van der Waals surface area contributed by atoms with Crippen molar-refractivity contribution in [3.63, 3.8) is 0 Å². The summed E-state index contributed by atoms with van der Waals surface area (Å²) in [5.74, 6) is -0.0630. The van der Waals surface area contributed by atoms with Crippen LogP contribution in [0.5, 0.6) is 0 Å². The summed E-state index contributed by atoms with van der Waals surface area (Å²) in [4.78, 5) is 30.5. The van der Waals surface area contributed by atoms with Crippen LogP contribution < -0.4 is 10.2 Å². The van der Waals surface area contributed by atoms with E-state index in [0.29, 0.717) is 13.1 Å². The van der Waals surface area contributed by atoms with Crippen molar-refractivity contribution in [1.82, 2.24) is 4.90 Å². The number of rotatable bonds is 3. The minimum Gasteiger partial charge on any atom is -0.308 e. The molecule has 3 amide bonds. The zero-order chi connectivity index (χ0) is 24.1. The molecule has 5 rings (SSSR count). The minimum absolute atomic E-state index is 0.0630. The quantitative estimate of drug-likeness (QED) is 0.505. The molecule has 3 aromatic carbocycles. The van der Waals surface area contributed by atoms with E-state index in [1.165, 1.54) is 0 Å². The summed E-state index contributed by atoms with van der Waals surface area (Å²) >= 11 is 1.57. The van der Waals surface area contributed by atoms with Gasteiger partial charge in [0.05, 0.1) is 12.2 Å². The molecular formula is C28H29N3O2S. The number of hydrogen-bond donors (Lipinski definition) is 1. The van der Waals surface area contributed by atoms with Gasteiger partial charge in [-0.25, -0.2) is 4.79 Å². The highest BCUT2D eigenvalue weighted by atomic mass is 32.2. The molecule has 2 aliphatic rings. The molecule has 174 valence electrons. The Morgan fingerprint density at radius 1 is 1.00 bits per heavy atom. The summed E-state index contributed by atoms with van der Waals surface area (Å²) in [6.45, 7) is 9.18. The third-order valence-corrected chi connectivity index (χ3v) is 8.13. The topological polar surface area (TPSA) is 52.7 Å². The monoisotopic (exact) mass is 471 g/mol. The Hall–Kier alpha value is -3.25. The average molecular weight is 472 g/mol. The van der Waals surface area contributed by atoms with Gasteiger partial charge in [0, 0.05) is 22.5 Å². The fourth-order valence-corrected chi connectivity index (χ4v) is 6.72. The van der Waals surface area contributed by atoms with E-state index in [9.17, 15) is 9.59 Å². The molecule has 0 unspecified atom stereocenters. The van der Waals surface area contributed by atoms with Gasteiger partial charge in [0.1, 0.15) is 0 Å². The zero-order valence-corrected chi connectivity index (χ0v) is 20.8. The third kappa shape index (κ3) is 3.66. The zero-order valence-electron chi connectivity index (χ0n) is 20.0. The summed E-state index contributed by atoms with van der Waals surface area (Å²) in [7, 11) is 0. The Morgan fingerprint density at radius 2 is 1.74 bits per heavy atom. The predicted molar refractivity (Wildman–Crippen MR) is 139 cm³/mol. The molecule has 0 saturated carbocycles. The number of hydrogen-bond acceptors (Lipinski definition) is 3. The first kappa shape index (κ1) is 22.5. The smallest absolute Gasteiger partial charge is 0.308 e.